The molecule has 0 aliphatic carbocycles. The average Bonchev–Trinajstić information content (AvgIpc) is 3.12. The number of nitrogens with zero attached hydrogens (tertiary/aromatic N) is 2. The van der Waals surface area contributed by atoms with Gasteiger partial charge in [-0.25, -0.2) is 4.79 Å². The van der Waals surface area contributed by atoms with E-state index in [1.165, 1.54) is 0 Å². The fourth-order valence-electron chi connectivity index (χ4n) is 4.28. The van der Waals surface area contributed by atoms with Gasteiger partial charge in [-0.2, -0.15) is 5.26 Å². The molecule has 8 heteroatoms. The van der Waals surface area contributed by atoms with Crippen molar-refractivity contribution < 1.29 is 14.4 Å². The van der Waals surface area contributed by atoms with Gasteiger partial charge < -0.3 is 10.6 Å². The summed E-state index contributed by atoms with van der Waals surface area (Å²) in [5.41, 5.74) is 1.28. The van der Waals surface area contributed by atoms with E-state index in [9.17, 15) is 19.6 Å². The average molecular weight is 487 g/mol. The summed E-state index contributed by atoms with van der Waals surface area (Å²) in [6.07, 6.45) is 0.345. The van der Waals surface area contributed by atoms with Crippen LogP contribution in [0.3, 0.4) is 0 Å². The third-order valence-corrected chi connectivity index (χ3v) is 6.46. The second-order valence-electron chi connectivity index (χ2n) is 8.20. The molecule has 0 saturated carbocycles. The number of urea groups is 1. The third kappa shape index (κ3) is 4.61. The molecule has 1 fully saturated rings. The molecular weight excluding hydrogens is 464 g/mol. The highest BCUT2D eigenvalue weighted by atomic mass is 35.5. The zero-order valence-electron chi connectivity index (χ0n) is 19.0. The first-order valence-corrected chi connectivity index (χ1v) is 11.5. The highest BCUT2D eigenvalue weighted by molar-refractivity contribution is 6.31. The Morgan fingerprint density at radius 2 is 1.74 bits per heavy atom. The number of carbonyl (C=O) groups is 3. The zero-order chi connectivity index (χ0) is 25.0. The van der Waals surface area contributed by atoms with Crippen molar-refractivity contribution in [3.63, 3.8) is 0 Å². The topological polar surface area (TPSA) is 102 Å². The Morgan fingerprint density at radius 3 is 2.34 bits per heavy atom. The fraction of sp³-hybridized carbons (Fsp3) is 0.185. The number of imide groups is 1. The van der Waals surface area contributed by atoms with E-state index in [0.717, 1.165) is 10.5 Å². The Bertz CT molecular complexity index is 1310. The highest BCUT2D eigenvalue weighted by Gasteiger charge is 2.51. The van der Waals surface area contributed by atoms with Crippen LogP contribution in [-0.2, 0) is 15.1 Å². The minimum Gasteiger partial charge on any atom is -0.324 e. The Hall–Kier alpha value is -4.15. The second kappa shape index (κ2) is 10.00. The normalized spacial score (nSPS) is 18.0. The van der Waals surface area contributed by atoms with Crippen molar-refractivity contribution in [3.05, 3.63) is 101 Å². The summed E-state index contributed by atoms with van der Waals surface area (Å²) < 4.78 is 0. The molecule has 2 N–H and O–H groups in total. The van der Waals surface area contributed by atoms with Crippen molar-refractivity contribution >= 4 is 35.1 Å². The van der Waals surface area contributed by atoms with E-state index in [-0.39, 0.29) is 0 Å². The van der Waals surface area contributed by atoms with Crippen LogP contribution in [0.1, 0.15) is 36.0 Å². The van der Waals surface area contributed by atoms with Gasteiger partial charge in [0, 0.05) is 10.7 Å². The van der Waals surface area contributed by atoms with E-state index in [1.54, 1.807) is 42.5 Å². The summed E-state index contributed by atoms with van der Waals surface area (Å²) in [6, 6.07) is 24.8. The first-order valence-electron chi connectivity index (χ1n) is 11.1. The van der Waals surface area contributed by atoms with Crippen molar-refractivity contribution in [1.82, 2.24) is 10.2 Å². The highest BCUT2D eigenvalue weighted by Crippen LogP contribution is 2.33. The van der Waals surface area contributed by atoms with Crippen LogP contribution in [0.25, 0.3) is 0 Å². The van der Waals surface area contributed by atoms with Gasteiger partial charge in [-0.05, 0) is 35.2 Å². The van der Waals surface area contributed by atoms with Gasteiger partial charge in [-0.1, -0.05) is 85.3 Å². The zero-order valence-corrected chi connectivity index (χ0v) is 19.8. The summed E-state index contributed by atoms with van der Waals surface area (Å²) >= 11 is 6.45. The van der Waals surface area contributed by atoms with E-state index < -0.39 is 35.8 Å². The largest absolute Gasteiger partial charge is 0.325 e. The summed E-state index contributed by atoms with van der Waals surface area (Å²) in [5, 5.41) is 15.4. The summed E-state index contributed by atoms with van der Waals surface area (Å²) in [4.78, 5) is 39.5. The predicted octanol–water partition coefficient (Wildman–Crippen LogP) is 4.79. The van der Waals surface area contributed by atoms with Crippen molar-refractivity contribution in [1.29, 1.82) is 5.26 Å². The number of benzene rings is 3. The Kier molecular flexibility index (Phi) is 6.85. The molecule has 35 heavy (non-hydrogen) atoms. The number of hydrogen-bond donors (Lipinski definition) is 2. The number of carbonyl (C=O) groups excluding carboxylic acids is 3. The SMILES string of the molecule is CCC1(c2ccccc2)NC(=O)N(CC(=O)Nc2ccc(C(C#N)c3ccccc3)c(Cl)c2)C1=O. The molecule has 176 valence electrons. The third-order valence-electron chi connectivity index (χ3n) is 6.13. The lowest BCUT2D eigenvalue weighted by Gasteiger charge is -2.25. The predicted molar refractivity (Wildman–Crippen MR) is 133 cm³/mol. The summed E-state index contributed by atoms with van der Waals surface area (Å²) in [6.45, 7) is 1.37. The van der Waals surface area contributed by atoms with Crippen LogP contribution in [0, 0.1) is 11.3 Å². The van der Waals surface area contributed by atoms with Crippen LogP contribution in [0.2, 0.25) is 5.02 Å². The van der Waals surface area contributed by atoms with Crippen LogP contribution in [0.4, 0.5) is 10.5 Å². The van der Waals surface area contributed by atoms with Crippen molar-refractivity contribution in [2.45, 2.75) is 24.8 Å². The summed E-state index contributed by atoms with van der Waals surface area (Å²) in [5.74, 6) is -1.57. The maximum absolute atomic E-state index is 13.2. The van der Waals surface area contributed by atoms with Crippen LogP contribution in [-0.4, -0.2) is 29.3 Å². The van der Waals surface area contributed by atoms with Crippen molar-refractivity contribution in [2.24, 2.45) is 0 Å². The number of halogens is 1. The molecule has 3 aromatic carbocycles. The van der Waals surface area contributed by atoms with Gasteiger partial charge in [0.1, 0.15) is 12.1 Å². The van der Waals surface area contributed by atoms with E-state index >= 15 is 0 Å². The number of anilines is 1. The lowest BCUT2D eigenvalue weighted by atomic mass is 9.87. The standard InChI is InChI=1S/C27H23ClN4O3/c1-2-27(19-11-7-4-8-12-19)25(34)32(26(35)31-27)17-24(33)30-20-13-14-21(23(28)15-20)22(16-29)18-9-5-3-6-10-18/h3-15,22H,2,17H2,1H3,(H,30,33)(H,31,35). The molecule has 1 aliphatic rings. The number of nitrogens with one attached hydrogen (secondary N) is 2. The first kappa shape index (κ1) is 24.0. The number of hydrogen-bond acceptors (Lipinski definition) is 4. The van der Waals surface area contributed by atoms with E-state index in [0.29, 0.717) is 28.3 Å². The molecule has 0 radical (unpaired) electrons. The van der Waals surface area contributed by atoms with Crippen LogP contribution in [0.5, 0.6) is 0 Å². The molecule has 0 aromatic heterocycles. The molecule has 1 saturated heterocycles. The minimum absolute atomic E-state index is 0.322. The quantitative estimate of drug-likeness (QED) is 0.468. The summed E-state index contributed by atoms with van der Waals surface area (Å²) in [7, 11) is 0. The number of nitriles is 1. The molecule has 1 heterocycles. The molecule has 4 amide bonds. The maximum Gasteiger partial charge on any atom is 0.325 e. The van der Waals surface area contributed by atoms with Gasteiger partial charge in [0.25, 0.3) is 5.91 Å². The fourth-order valence-corrected chi connectivity index (χ4v) is 4.57. The van der Waals surface area contributed by atoms with Gasteiger partial charge in [0.05, 0.1) is 12.0 Å². The molecule has 0 bridgehead atoms. The van der Waals surface area contributed by atoms with Crippen molar-refractivity contribution in [2.75, 3.05) is 11.9 Å². The van der Waals surface area contributed by atoms with Gasteiger partial charge in [0.15, 0.2) is 0 Å². The molecule has 2 atom stereocenters. The first-order chi connectivity index (χ1) is 16.9. The lowest BCUT2D eigenvalue weighted by molar-refractivity contribution is -0.134. The Balaban J connectivity index is 1.48. The Labute approximate surface area is 208 Å². The molecule has 2 unspecified atom stereocenters. The van der Waals surface area contributed by atoms with Crippen LogP contribution >= 0.6 is 11.6 Å². The van der Waals surface area contributed by atoms with Crippen molar-refractivity contribution in [3.8, 4) is 6.07 Å². The minimum atomic E-state index is -1.20. The molecule has 3 aromatic rings. The van der Waals surface area contributed by atoms with E-state index in [1.807, 2.05) is 43.3 Å². The Morgan fingerprint density at radius 1 is 1.09 bits per heavy atom. The smallest absolute Gasteiger partial charge is 0.324 e. The molecule has 0 spiro atoms. The number of amides is 4. The maximum atomic E-state index is 13.2. The van der Waals surface area contributed by atoms with Gasteiger partial charge in [-0.15, -0.1) is 0 Å². The van der Waals surface area contributed by atoms with Gasteiger partial charge in [-0.3, -0.25) is 14.5 Å². The molecular formula is C27H23ClN4O3. The van der Waals surface area contributed by atoms with Crippen LogP contribution < -0.4 is 10.6 Å². The van der Waals surface area contributed by atoms with E-state index in [2.05, 4.69) is 16.7 Å². The monoisotopic (exact) mass is 486 g/mol. The van der Waals surface area contributed by atoms with Crippen LogP contribution in [0.15, 0.2) is 78.9 Å². The molecule has 7 nitrogen and oxygen atoms in total. The van der Waals surface area contributed by atoms with Gasteiger partial charge in [0.2, 0.25) is 5.91 Å². The van der Waals surface area contributed by atoms with E-state index in [4.69, 9.17) is 11.6 Å². The molecule has 4 rings (SSSR count). The lowest BCUT2D eigenvalue weighted by Crippen LogP contribution is -2.44. The number of rotatable bonds is 7. The second-order valence-corrected chi connectivity index (χ2v) is 8.61. The van der Waals surface area contributed by atoms with Gasteiger partial charge >= 0.3 is 6.03 Å². The molecule has 1 aliphatic heterocycles.